The minimum atomic E-state index is 0.0383. The van der Waals surface area contributed by atoms with Crippen LogP contribution >= 0.6 is 0 Å². The number of nitrogens with zero attached hydrogens (tertiary/aromatic N) is 16. The highest BCUT2D eigenvalue weighted by molar-refractivity contribution is 6.01. The number of likely N-dealkylation sites (N-methyl/N-ethyl adjacent to an activating group) is 3. The van der Waals surface area contributed by atoms with E-state index in [0.29, 0.717) is 69.3 Å². The normalized spacial score (nSPS) is 14.9. The molecule has 2 atom stereocenters. The third-order valence-corrected chi connectivity index (χ3v) is 19.5. The summed E-state index contributed by atoms with van der Waals surface area (Å²) in [5.41, 5.74) is 11.5. The number of aromatic amines is 2. The van der Waals surface area contributed by atoms with Gasteiger partial charge in [0, 0.05) is 191 Å². The lowest BCUT2D eigenvalue weighted by atomic mass is 10.1. The molecule has 3 fully saturated rings. The summed E-state index contributed by atoms with van der Waals surface area (Å²) in [6.45, 7) is 20.3. The number of aromatic nitrogens is 12. The largest absolute Gasteiger partial charge is 0.497 e. The van der Waals surface area contributed by atoms with Crippen LogP contribution < -0.4 is 30.2 Å². The highest BCUT2D eigenvalue weighted by Crippen LogP contribution is 2.31. The molecule has 0 aliphatic carbocycles. The molecule has 5 N–H and O–H groups in total. The van der Waals surface area contributed by atoms with Gasteiger partial charge in [-0.15, -0.1) is 0 Å². The fourth-order valence-electron chi connectivity index (χ4n) is 12.5. The number of hydrogen-bond acceptors (Lipinski definition) is 21. The van der Waals surface area contributed by atoms with Gasteiger partial charge >= 0.3 is 0 Å². The Kier molecular flexibility index (Phi) is 22.9. The van der Waals surface area contributed by atoms with Gasteiger partial charge in [-0.25, -0.2) is 29.9 Å². The number of H-pyrrole nitrogens is 2. The average Bonchev–Trinajstić information content (AvgIpc) is 1.62. The van der Waals surface area contributed by atoms with Gasteiger partial charge in [0.05, 0.1) is 53.5 Å². The summed E-state index contributed by atoms with van der Waals surface area (Å²) in [7, 11) is 9.80. The molecule has 3 aliphatic heterocycles. The Morgan fingerprint density at radius 3 is 1.22 bits per heavy atom. The Bertz CT molecular complexity index is 5090. The van der Waals surface area contributed by atoms with E-state index in [9.17, 15) is 14.4 Å². The van der Waals surface area contributed by atoms with E-state index in [1.54, 1.807) is 50.4 Å². The standard InChI is InChI=1S/C28H33N7O2.C27H31N7O2.C25H27N7O2/c1-18(2)19(3)37-22-7-9-29-25(17-22)24-8-10-30-28(33-24)31-21-5-6-23-20(15-21)16-26(32-23)27(36)35-13-11-34(4)12-14-35;1-4-18(2)36-21-7-9-28-24(17-21)23-8-10-29-27(32-23)30-20-5-6-22-19(15-20)16-25(31-22)26(35)34-13-11-33(3)12-14-34;1-30-10-12-32(13-11-30)24(33)23-15-17-14-18(4-5-22(17)31(23)2)28-25-27-9-7-20(29-25)21-16-19(34-3)6-8-26-21/h5-10,15-19,32H,11-14H2,1-4H3,(H,30,31,33);5-10,15-18,31H,4,11-14H2,1-3H3,(H,29,30,32);4-9,14-16H,10-13H2,1-3H3,(H,27,28,29)/t;18-;/m.1./s1. The first kappa shape index (κ1) is 73.4. The van der Waals surface area contributed by atoms with Crippen LogP contribution in [0, 0.1) is 5.92 Å². The van der Waals surface area contributed by atoms with Crippen molar-refractivity contribution in [2.24, 2.45) is 13.0 Å². The molecule has 3 amide bonds. The summed E-state index contributed by atoms with van der Waals surface area (Å²) < 4.78 is 19.2. The van der Waals surface area contributed by atoms with Gasteiger partial charge in [0.25, 0.3) is 17.7 Å². The summed E-state index contributed by atoms with van der Waals surface area (Å²) in [4.78, 5) is 98.3. The number of piperazine rings is 3. The van der Waals surface area contributed by atoms with Gasteiger partial charge in [-0.3, -0.25) is 29.3 Å². The third kappa shape index (κ3) is 18.2. The predicted molar refractivity (Wildman–Crippen MR) is 417 cm³/mol. The number of benzene rings is 3. The van der Waals surface area contributed by atoms with Gasteiger partial charge in [-0.05, 0) is 157 Å². The van der Waals surface area contributed by atoms with E-state index in [1.807, 2.05) is 155 Å². The van der Waals surface area contributed by atoms with Gasteiger partial charge in [-0.2, -0.15) is 0 Å². The lowest BCUT2D eigenvalue weighted by Gasteiger charge is -2.32. The molecule has 107 heavy (non-hydrogen) atoms. The van der Waals surface area contributed by atoms with E-state index in [0.717, 1.165) is 158 Å². The highest BCUT2D eigenvalue weighted by atomic mass is 16.5. The molecule has 12 heterocycles. The summed E-state index contributed by atoms with van der Waals surface area (Å²) >= 11 is 0. The molecule has 1 unspecified atom stereocenters. The van der Waals surface area contributed by atoms with Crippen LogP contribution in [0.1, 0.15) is 72.5 Å². The Hall–Kier alpha value is -11.9. The molecule has 3 aromatic carbocycles. The maximum Gasteiger partial charge on any atom is 0.270 e. The Labute approximate surface area is 621 Å². The topological polar surface area (TPSA) is 287 Å². The number of fused-ring (bicyclic) bond motifs is 3. The number of amides is 3. The maximum absolute atomic E-state index is 13.1. The second kappa shape index (κ2) is 33.4. The number of hydrogen-bond donors (Lipinski definition) is 5. The van der Waals surface area contributed by atoms with Gasteiger partial charge in [0.15, 0.2) is 0 Å². The zero-order chi connectivity index (χ0) is 74.7. The SMILES string of the molecule is CC(C)C(C)Oc1ccnc(-c2ccnc(Nc3ccc4[nH]c(C(=O)N5CCN(C)CC5)cc4c3)n2)c1.CC[C@@H](C)Oc1ccnc(-c2ccnc(Nc3ccc4[nH]c(C(=O)N5CCN(C)CC5)cc4c3)n2)c1.COc1ccnc(-c2ccnc(Nc3ccc4c(c3)cc(C(=O)N3CCN(C)CC3)n4C)n2)c1. The summed E-state index contributed by atoms with van der Waals surface area (Å²) in [5.74, 6) is 4.19. The Morgan fingerprint density at radius 2 is 0.804 bits per heavy atom. The van der Waals surface area contributed by atoms with E-state index in [4.69, 9.17) is 14.2 Å². The fraction of sp³-hybridized carbons (Fsp3) is 0.325. The lowest BCUT2D eigenvalue weighted by molar-refractivity contribution is 0.0649. The van der Waals surface area contributed by atoms with Gasteiger partial charge in [-0.1, -0.05) is 20.8 Å². The van der Waals surface area contributed by atoms with Crippen LogP contribution in [0.3, 0.4) is 0 Å². The number of rotatable bonds is 19. The molecule has 0 spiro atoms. The van der Waals surface area contributed by atoms with Crippen molar-refractivity contribution in [2.75, 3.05) is 123 Å². The first-order valence-electron chi connectivity index (χ1n) is 36.2. The van der Waals surface area contributed by atoms with Crippen molar-refractivity contribution < 1.29 is 28.6 Å². The molecule has 3 aliphatic rings. The van der Waals surface area contributed by atoms with E-state index < -0.39 is 0 Å². The zero-order valence-electron chi connectivity index (χ0n) is 62.1. The summed E-state index contributed by atoms with van der Waals surface area (Å²) in [6, 6.07) is 40.1. The smallest absolute Gasteiger partial charge is 0.270 e. The second-order valence-electron chi connectivity index (χ2n) is 27.5. The fourth-order valence-corrected chi connectivity index (χ4v) is 12.5. The predicted octanol–water partition coefficient (Wildman–Crippen LogP) is 12.1. The van der Waals surface area contributed by atoms with Gasteiger partial charge in [0.2, 0.25) is 17.8 Å². The van der Waals surface area contributed by atoms with Crippen molar-refractivity contribution in [1.82, 2.24) is 88.8 Å². The van der Waals surface area contributed by atoms with Crippen LogP contribution in [0.4, 0.5) is 34.9 Å². The van der Waals surface area contributed by atoms with Gasteiger partial charge in [0.1, 0.15) is 34.3 Å². The van der Waals surface area contributed by atoms with Crippen molar-refractivity contribution >= 4 is 85.3 Å². The van der Waals surface area contributed by atoms with Crippen molar-refractivity contribution in [3.05, 3.63) is 182 Å². The van der Waals surface area contributed by atoms with Crippen molar-refractivity contribution in [2.45, 2.75) is 53.2 Å². The molecule has 3 saturated heterocycles. The van der Waals surface area contributed by atoms with Crippen molar-refractivity contribution in [3.63, 3.8) is 0 Å². The molecule has 0 saturated carbocycles. The van der Waals surface area contributed by atoms with Crippen molar-refractivity contribution in [1.29, 1.82) is 0 Å². The van der Waals surface area contributed by atoms with Crippen LogP contribution in [0.5, 0.6) is 17.2 Å². The van der Waals surface area contributed by atoms with Crippen LogP contribution in [-0.2, 0) is 7.05 Å². The molecule has 0 radical (unpaired) electrons. The van der Waals surface area contributed by atoms with Crippen LogP contribution in [0.2, 0.25) is 0 Å². The number of pyridine rings is 3. The molecule has 12 aromatic rings. The molecule has 0 bridgehead atoms. The highest BCUT2D eigenvalue weighted by Gasteiger charge is 2.26. The lowest BCUT2D eigenvalue weighted by Crippen LogP contribution is -2.47. The van der Waals surface area contributed by atoms with E-state index in [2.05, 4.69) is 134 Å². The van der Waals surface area contributed by atoms with Crippen LogP contribution in [0.25, 0.3) is 66.9 Å². The first-order chi connectivity index (χ1) is 51.8. The van der Waals surface area contributed by atoms with Gasteiger partial charge < -0.3 is 74.1 Å². The maximum atomic E-state index is 13.1. The quantitative estimate of drug-likeness (QED) is 0.0503. The molecule has 15 rings (SSSR count). The number of carbonyl (C=O) groups excluding carboxylic acids is 3. The summed E-state index contributed by atoms with van der Waals surface area (Å²) in [5, 5.41) is 12.7. The molecule has 552 valence electrons. The number of anilines is 6. The summed E-state index contributed by atoms with van der Waals surface area (Å²) in [6.07, 6.45) is 11.4. The Balaban J connectivity index is 0.000000142. The first-order valence-corrected chi connectivity index (χ1v) is 36.2. The molecule has 9 aromatic heterocycles. The number of aryl methyl sites for hydroxylation is 1. The third-order valence-electron chi connectivity index (χ3n) is 19.5. The molecule has 27 nitrogen and oxygen atoms in total. The van der Waals surface area contributed by atoms with E-state index in [-0.39, 0.29) is 29.9 Å². The number of nitrogens with one attached hydrogen (secondary N) is 5. The minimum Gasteiger partial charge on any atom is -0.497 e. The molecular formula is C80H91N21O6. The van der Waals surface area contributed by atoms with Crippen molar-refractivity contribution in [3.8, 4) is 51.4 Å². The van der Waals surface area contributed by atoms with E-state index >= 15 is 0 Å². The zero-order valence-corrected chi connectivity index (χ0v) is 62.1. The number of ether oxygens (including phenoxy) is 3. The molecule has 27 heteroatoms. The number of carbonyl (C=O) groups is 3. The second-order valence-corrected chi connectivity index (χ2v) is 27.5. The average molecular weight is 1440 g/mol. The molecular weight excluding hydrogens is 1350 g/mol. The monoisotopic (exact) mass is 1440 g/mol. The van der Waals surface area contributed by atoms with E-state index in [1.165, 1.54) is 0 Å². The van der Waals surface area contributed by atoms with Crippen LogP contribution in [0.15, 0.2) is 165 Å². The van der Waals surface area contributed by atoms with Crippen LogP contribution in [-0.4, -0.2) is 226 Å². The Morgan fingerprint density at radius 1 is 0.421 bits per heavy atom. The number of methoxy groups -OCH3 is 1. The minimum absolute atomic E-state index is 0.0383.